The van der Waals surface area contributed by atoms with Crippen LogP contribution in [0.5, 0.6) is 0 Å². The Morgan fingerprint density at radius 2 is 2.15 bits per heavy atom. The molecule has 3 aromatic heterocycles. The standard InChI is InChI=1S/C14H18N6/c15-5-2-1-3-6-17-13-12-10-4-7-16-8-11(10)20-14(12)19-9-18-13/h4,7-9H,1-3,5-6,15H2,(H2,17,18,19,20). The van der Waals surface area contributed by atoms with E-state index < -0.39 is 0 Å². The number of aromatic nitrogens is 4. The van der Waals surface area contributed by atoms with Gasteiger partial charge in [-0.1, -0.05) is 6.42 Å². The molecule has 6 heteroatoms. The van der Waals surface area contributed by atoms with E-state index in [0.717, 1.165) is 60.1 Å². The van der Waals surface area contributed by atoms with Crippen molar-refractivity contribution in [2.75, 3.05) is 18.4 Å². The van der Waals surface area contributed by atoms with Gasteiger partial charge in [0.1, 0.15) is 17.8 Å². The molecule has 0 aliphatic heterocycles. The van der Waals surface area contributed by atoms with Gasteiger partial charge < -0.3 is 16.0 Å². The summed E-state index contributed by atoms with van der Waals surface area (Å²) in [4.78, 5) is 16.0. The van der Waals surface area contributed by atoms with Gasteiger partial charge in [0, 0.05) is 18.1 Å². The molecule has 3 aromatic rings. The average Bonchev–Trinajstić information content (AvgIpc) is 2.86. The minimum atomic E-state index is 0.757. The van der Waals surface area contributed by atoms with Crippen LogP contribution in [0.15, 0.2) is 24.8 Å². The highest BCUT2D eigenvalue weighted by atomic mass is 15.0. The molecule has 0 saturated carbocycles. The molecular formula is C14H18N6. The lowest BCUT2D eigenvalue weighted by Crippen LogP contribution is -2.05. The third-order valence-corrected chi connectivity index (χ3v) is 3.36. The molecule has 0 aliphatic rings. The van der Waals surface area contributed by atoms with Gasteiger partial charge in [-0.05, 0) is 25.5 Å². The van der Waals surface area contributed by atoms with Crippen molar-refractivity contribution in [2.24, 2.45) is 5.73 Å². The predicted molar refractivity (Wildman–Crippen MR) is 80.6 cm³/mol. The number of pyridine rings is 1. The molecule has 0 unspecified atom stereocenters. The second-order valence-electron chi connectivity index (χ2n) is 4.77. The van der Waals surface area contributed by atoms with E-state index >= 15 is 0 Å². The van der Waals surface area contributed by atoms with Gasteiger partial charge in [0.2, 0.25) is 0 Å². The van der Waals surface area contributed by atoms with Gasteiger partial charge in [-0.2, -0.15) is 0 Å². The van der Waals surface area contributed by atoms with Gasteiger partial charge in [-0.3, -0.25) is 4.98 Å². The Bertz CT molecular complexity index is 705. The van der Waals surface area contributed by atoms with E-state index in [0.29, 0.717) is 0 Å². The fraction of sp³-hybridized carbons (Fsp3) is 0.357. The van der Waals surface area contributed by atoms with E-state index in [1.54, 1.807) is 12.5 Å². The summed E-state index contributed by atoms with van der Waals surface area (Å²) in [6.45, 7) is 1.65. The fourth-order valence-electron chi connectivity index (χ4n) is 2.36. The molecule has 0 bridgehead atoms. The van der Waals surface area contributed by atoms with E-state index in [1.165, 1.54) is 0 Å². The topological polar surface area (TPSA) is 92.5 Å². The SMILES string of the molecule is NCCCCCNc1ncnc2[nH]c3cnccc3c12. The second-order valence-corrected chi connectivity index (χ2v) is 4.77. The van der Waals surface area contributed by atoms with Crippen molar-refractivity contribution in [1.82, 2.24) is 19.9 Å². The summed E-state index contributed by atoms with van der Waals surface area (Å²) in [7, 11) is 0. The van der Waals surface area contributed by atoms with E-state index in [1.807, 2.05) is 12.3 Å². The Balaban J connectivity index is 1.86. The van der Waals surface area contributed by atoms with E-state index in [-0.39, 0.29) is 0 Å². The number of fused-ring (bicyclic) bond motifs is 3. The van der Waals surface area contributed by atoms with Gasteiger partial charge in [-0.25, -0.2) is 9.97 Å². The van der Waals surface area contributed by atoms with Crippen LogP contribution in [0, 0.1) is 0 Å². The number of nitrogens with two attached hydrogens (primary N) is 1. The number of rotatable bonds is 6. The van der Waals surface area contributed by atoms with Gasteiger partial charge >= 0.3 is 0 Å². The Hall–Kier alpha value is -2.21. The molecule has 6 nitrogen and oxygen atoms in total. The molecule has 3 rings (SSSR count). The highest BCUT2D eigenvalue weighted by molar-refractivity contribution is 6.10. The monoisotopic (exact) mass is 270 g/mol. The Morgan fingerprint density at radius 1 is 1.20 bits per heavy atom. The van der Waals surface area contributed by atoms with Crippen LogP contribution in [-0.2, 0) is 0 Å². The van der Waals surface area contributed by atoms with Gasteiger partial charge in [0.25, 0.3) is 0 Å². The summed E-state index contributed by atoms with van der Waals surface area (Å²) in [5.74, 6) is 0.875. The van der Waals surface area contributed by atoms with Crippen LogP contribution in [-0.4, -0.2) is 33.0 Å². The number of unbranched alkanes of at least 4 members (excludes halogenated alkanes) is 2. The summed E-state index contributed by atoms with van der Waals surface area (Å²) in [6.07, 6.45) is 8.46. The van der Waals surface area contributed by atoms with Crippen LogP contribution < -0.4 is 11.1 Å². The maximum Gasteiger partial charge on any atom is 0.143 e. The second kappa shape index (κ2) is 5.83. The molecule has 0 atom stereocenters. The molecule has 0 amide bonds. The molecular weight excluding hydrogens is 252 g/mol. The third kappa shape index (κ3) is 2.42. The van der Waals surface area contributed by atoms with Crippen LogP contribution in [0.4, 0.5) is 5.82 Å². The fourth-order valence-corrected chi connectivity index (χ4v) is 2.36. The first-order chi connectivity index (χ1) is 9.90. The first-order valence-electron chi connectivity index (χ1n) is 6.90. The number of nitrogens with zero attached hydrogens (tertiary/aromatic N) is 3. The van der Waals surface area contributed by atoms with Crippen molar-refractivity contribution in [3.63, 3.8) is 0 Å². The van der Waals surface area contributed by atoms with Crippen LogP contribution in [0.25, 0.3) is 21.9 Å². The molecule has 104 valence electrons. The summed E-state index contributed by atoms with van der Waals surface area (Å²) >= 11 is 0. The van der Waals surface area contributed by atoms with Gasteiger partial charge in [0.05, 0.1) is 17.1 Å². The van der Waals surface area contributed by atoms with Gasteiger partial charge in [-0.15, -0.1) is 0 Å². The largest absolute Gasteiger partial charge is 0.369 e. The average molecular weight is 270 g/mol. The molecule has 0 fully saturated rings. The number of hydrogen-bond acceptors (Lipinski definition) is 5. The Morgan fingerprint density at radius 3 is 3.05 bits per heavy atom. The zero-order valence-corrected chi connectivity index (χ0v) is 11.3. The maximum atomic E-state index is 5.49. The van der Waals surface area contributed by atoms with E-state index in [2.05, 4.69) is 25.3 Å². The van der Waals surface area contributed by atoms with Crippen molar-refractivity contribution >= 4 is 27.8 Å². The molecule has 0 saturated heterocycles. The highest BCUT2D eigenvalue weighted by Gasteiger charge is 2.10. The molecule has 0 aliphatic carbocycles. The molecule has 0 aromatic carbocycles. The lowest BCUT2D eigenvalue weighted by atomic mass is 10.2. The van der Waals surface area contributed by atoms with Crippen molar-refractivity contribution in [3.8, 4) is 0 Å². The summed E-state index contributed by atoms with van der Waals surface area (Å²) in [5, 5.41) is 5.52. The van der Waals surface area contributed by atoms with Crippen LogP contribution in [0.1, 0.15) is 19.3 Å². The van der Waals surface area contributed by atoms with Crippen LogP contribution in [0.3, 0.4) is 0 Å². The molecule has 0 radical (unpaired) electrons. The van der Waals surface area contributed by atoms with Crippen molar-refractivity contribution in [1.29, 1.82) is 0 Å². The zero-order valence-electron chi connectivity index (χ0n) is 11.3. The summed E-state index contributed by atoms with van der Waals surface area (Å²) < 4.78 is 0. The number of nitrogens with one attached hydrogen (secondary N) is 2. The number of H-pyrrole nitrogens is 1. The Labute approximate surface area is 116 Å². The van der Waals surface area contributed by atoms with E-state index in [4.69, 9.17) is 5.73 Å². The predicted octanol–water partition coefficient (Wildman–Crippen LogP) is 2.05. The zero-order chi connectivity index (χ0) is 13.8. The number of anilines is 1. The molecule has 0 spiro atoms. The summed E-state index contributed by atoms with van der Waals surface area (Å²) in [5.41, 5.74) is 7.31. The smallest absolute Gasteiger partial charge is 0.143 e. The molecule has 20 heavy (non-hydrogen) atoms. The van der Waals surface area contributed by atoms with Crippen molar-refractivity contribution in [2.45, 2.75) is 19.3 Å². The lowest BCUT2D eigenvalue weighted by molar-refractivity contribution is 0.706. The van der Waals surface area contributed by atoms with Crippen molar-refractivity contribution in [3.05, 3.63) is 24.8 Å². The quantitative estimate of drug-likeness (QED) is 0.596. The maximum absolute atomic E-state index is 5.49. The van der Waals surface area contributed by atoms with E-state index in [9.17, 15) is 0 Å². The minimum absolute atomic E-state index is 0.757. The van der Waals surface area contributed by atoms with Gasteiger partial charge in [0.15, 0.2) is 0 Å². The van der Waals surface area contributed by atoms with Crippen molar-refractivity contribution < 1.29 is 0 Å². The third-order valence-electron chi connectivity index (χ3n) is 3.36. The number of aromatic amines is 1. The highest BCUT2D eigenvalue weighted by Crippen LogP contribution is 2.27. The summed E-state index contributed by atoms with van der Waals surface area (Å²) in [6, 6.07) is 1.98. The molecule has 3 heterocycles. The van der Waals surface area contributed by atoms with Crippen LogP contribution >= 0.6 is 0 Å². The lowest BCUT2D eigenvalue weighted by Gasteiger charge is -2.06. The Kier molecular flexibility index (Phi) is 3.73. The molecule has 4 N–H and O–H groups in total. The van der Waals surface area contributed by atoms with Crippen LogP contribution in [0.2, 0.25) is 0 Å². The first kappa shape index (κ1) is 12.8. The first-order valence-corrected chi connectivity index (χ1v) is 6.90. The normalized spacial score (nSPS) is 11.2. The minimum Gasteiger partial charge on any atom is -0.369 e. The number of hydrogen-bond donors (Lipinski definition) is 3.